The number of pyridine rings is 1. The van der Waals surface area contributed by atoms with E-state index in [1.54, 1.807) is 0 Å². The van der Waals surface area contributed by atoms with Gasteiger partial charge in [0.15, 0.2) is 0 Å². The van der Waals surface area contributed by atoms with E-state index in [4.69, 9.17) is 27.5 Å². The summed E-state index contributed by atoms with van der Waals surface area (Å²) in [6.45, 7) is 0.751. The van der Waals surface area contributed by atoms with Crippen molar-refractivity contribution in [2.24, 2.45) is 0 Å². The van der Waals surface area contributed by atoms with Crippen molar-refractivity contribution in [3.8, 4) is 0 Å². The molecule has 0 aliphatic carbocycles. The molecule has 92 valence electrons. The Morgan fingerprint density at radius 1 is 1.59 bits per heavy atom. The van der Waals surface area contributed by atoms with Crippen molar-refractivity contribution < 1.29 is 4.74 Å². The fourth-order valence-electron chi connectivity index (χ4n) is 1.78. The SMILES string of the molecule is N=Cc1c(NC2CCCCO2)ncc(Cl)c1N. The number of aromatic nitrogens is 1. The molecule has 0 radical (unpaired) electrons. The fourth-order valence-corrected chi connectivity index (χ4v) is 1.94. The minimum Gasteiger partial charge on any atom is -0.397 e. The van der Waals surface area contributed by atoms with Crippen LogP contribution >= 0.6 is 11.6 Å². The molecule has 2 heterocycles. The molecule has 0 spiro atoms. The number of nitrogens with zero attached hydrogens (tertiary/aromatic N) is 1. The van der Waals surface area contributed by atoms with Crippen LogP contribution in [0.5, 0.6) is 0 Å². The van der Waals surface area contributed by atoms with Gasteiger partial charge in [0.1, 0.15) is 12.0 Å². The van der Waals surface area contributed by atoms with Crippen LogP contribution in [-0.4, -0.2) is 24.0 Å². The van der Waals surface area contributed by atoms with Gasteiger partial charge in [-0.05, 0) is 19.3 Å². The second kappa shape index (κ2) is 5.33. The van der Waals surface area contributed by atoms with Crippen molar-refractivity contribution in [2.45, 2.75) is 25.5 Å². The van der Waals surface area contributed by atoms with Gasteiger partial charge in [-0.25, -0.2) is 4.98 Å². The Kier molecular flexibility index (Phi) is 3.81. The van der Waals surface area contributed by atoms with E-state index < -0.39 is 0 Å². The Balaban J connectivity index is 2.19. The third kappa shape index (κ3) is 2.68. The molecule has 1 aliphatic heterocycles. The topological polar surface area (TPSA) is 84.0 Å². The van der Waals surface area contributed by atoms with Crippen LogP contribution in [0.15, 0.2) is 6.20 Å². The van der Waals surface area contributed by atoms with Crippen LogP contribution in [0.4, 0.5) is 11.5 Å². The van der Waals surface area contributed by atoms with Crippen molar-refractivity contribution in [2.75, 3.05) is 17.7 Å². The highest BCUT2D eigenvalue weighted by molar-refractivity contribution is 6.33. The molecule has 1 fully saturated rings. The van der Waals surface area contributed by atoms with Crippen LogP contribution in [0, 0.1) is 5.41 Å². The first-order valence-electron chi connectivity index (χ1n) is 5.55. The summed E-state index contributed by atoms with van der Waals surface area (Å²) in [4.78, 5) is 4.15. The number of nitrogens with two attached hydrogens (primary N) is 1. The molecule has 1 unspecified atom stereocenters. The molecule has 0 amide bonds. The van der Waals surface area contributed by atoms with E-state index in [9.17, 15) is 0 Å². The van der Waals surface area contributed by atoms with Gasteiger partial charge in [-0.15, -0.1) is 0 Å². The van der Waals surface area contributed by atoms with Crippen molar-refractivity contribution in [1.29, 1.82) is 5.41 Å². The van der Waals surface area contributed by atoms with Crippen LogP contribution in [0.1, 0.15) is 24.8 Å². The Bertz CT molecular complexity index is 418. The van der Waals surface area contributed by atoms with Crippen LogP contribution in [-0.2, 0) is 4.74 Å². The average Bonchev–Trinajstić information content (AvgIpc) is 2.36. The largest absolute Gasteiger partial charge is 0.397 e. The number of ether oxygens (including phenoxy) is 1. The first-order chi connectivity index (χ1) is 8.22. The van der Waals surface area contributed by atoms with Gasteiger partial charge in [0.25, 0.3) is 0 Å². The Morgan fingerprint density at radius 3 is 3.06 bits per heavy atom. The van der Waals surface area contributed by atoms with Gasteiger partial charge in [-0.2, -0.15) is 0 Å². The minimum atomic E-state index is -0.0597. The minimum absolute atomic E-state index is 0.0597. The summed E-state index contributed by atoms with van der Waals surface area (Å²) in [7, 11) is 0. The van der Waals surface area contributed by atoms with Crippen LogP contribution in [0.2, 0.25) is 5.02 Å². The van der Waals surface area contributed by atoms with Crippen LogP contribution in [0.25, 0.3) is 0 Å². The van der Waals surface area contributed by atoms with Gasteiger partial charge in [-0.3, -0.25) is 0 Å². The summed E-state index contributed by atoms with van der Waals surface area (Å²) in [6.07, 6.45) is 5.72. The first-order valence-corrected chi connectivity index (χ1v) is 5.92. The molecule has 0 bridgehead atoms. The molecule has 6 heteroatoms. The average molecular weight is 255 g/mol. The number of nitrogens with one attached hydrogen (secondary N) is 2. The van der Waals surface area contributed by atoms with Crippen LogP contribution < -0.4 is 11.1 Å². The maximum Gasteiger partial charge on any atom is 0.138 e. The molecular weight excluding hydrogens is 240 g/mol. The van der Waals surface area contributed by atoms with Gasteiger partial charge < -0.3 is 21.2 Å². The zero-order chi connectivity index (χ0) is 12.3. The maximum atomic E-state index is 7.35. The zero-order valence-electron chi connectivity index (χ0n) is 9.37. The number of halogens is 1. The molecule has 0 saturated carbocycles. The quantitative estimate of drug-likeness (QED) is 0.723. The molecule has 1 aromatic heterocycles. The van der Waals surface area contributed by atoms with E-state index in [0.29, 0.717) is 22.1 Å². The Hall–Kier alpha value is -1.33. The van der Waals surface area contributed by atoms with E-state index in [1.807, 2.05) is 0 Å². The highest BCUT2D eigenvalue weighted by atomic mass is 35.5. The molecule has 2 rings (SSSR count). The summed E-state index contributed by atoms with van der Waals surface area (Å²) in [5.74, 6) is 0.550. The lowest BCUT2D eigenvalue weighted by Gasteiger charge is -2.24. The van der Waals surface area contributed by atoms with Gasteiger partial charge in [0.2, 0.25) is 0 Å². The molecule has 5 nitrogen and oxygen atoms in total. The van der Waals surface area contributed by atoms with E-state index in [2.05, 4.69) is 10.3 Å². The van der Waals surface area contributed by atoms with Gasteiger partial charge >= 0.3 is 0 Å². The predicted molar refractivity (Wildman–Crippen MR) is 68.8 cm³/mol. The number of nitrogen functional groups attached to an aromatic ring is 1. The lowest BCUT2D eigenvalue weighted by atomic mass is 10.1. The van der Waals surface area contributed by atoms with Crippen molar-refractivity contribution >= 4 is 29.3 Å². The highest BCUT2D eigenvalue weighted by Crippen LogP contribution is 2.27. The monoisotopic (exact) mass is 254 g/mol. The van der Waals surface area contributed by atoms with E-state index in [-0.39, 0.29) is 6.23 Å². The molecular formula is C11H15ClN4O. The predicted octanol–water partition coefficient (Wildman–Crippen LogP) is 2.25. The smallest absolute Gasteiger partial charge is 0.138 e. The Morgan fingerprint density at radius 2 is 2.41 bits per heavy atom. The molecule has 17 heavy (non-hydrogen) atoms. The lowest BCUT2D eigenvalue weighted by Crippen LogP contribution is -2.28. The van der Waals surface area contributed by atoms with E-state index in [0.717, 1.165) is 32.1 Å². The molecule has 1 aromatic rings. The zero-order valence-corrected chi connectivity index (χ0v) is 10.1. The molecule has 1 aliphatic rings. The standard InChI is InChI=1S/C11H15ClN4O/c12-8-6-15-11(7(5-13)10(8)14)16-9-3-1-2-4-17-9/h5-6,9,13H,1-4H2,(H3,14,15,16). The summed E-state index contributed by atoms with van der Waals surface area (Å²) in [5.41, 5.74) is 6.67. The normalized spacial score (nSPS) is 19.9. The van der Waals surface area contributed by atoms with Gasteiger partial charge in [0.05, 0.1) is 22.5 Å². The van der Waals surface area contributed by atoms with Crippen molar-refractivity contribution in [1.82, 2.24) is 4.98 Å². The van der Waals surface area contributed by atoms with Crippen LogP contribution in [0.3, 0.4) is 0 Å². The summed E-state index contributed by atoms with van der Waals surface area (Å²) in [6, 6.07) is 0. The molecule has 0 aromatic carbocycles. The van der Waals surface area contributed by atoms with Gasteiger partial charge in [-0.1, -0.05) is 11.6 Å². The summed E-state index contributed by atoms with van der Waals surface area (Å²) < 4.78 is 5.55. The number of hydrogen-bond donors (Lipinski definition) is 3. The first kappa shape index (κ1) is 12.1. The molecule has 1 atom stereocenters. The third-order valence-corrected chi connectivity index (χ3v) is 3.03. The fraction of sp³-hybridized carbons (Fsp3) is 0.455. The van der Waals surface area contributed by atoms with E-state index in [1.165, 1.54) is 6.20 Å². The lowest BCUT2D eigenvalue weighted by molar-refractivity contribution is 0.0341. The second-order valence-electron chi connectivity index (χ2n) is 3.93. The molecule has 4 N–H and O–H groups in total. The Labute approximate surface area is 105 Å². The second-order valence-corrected chi connectivity index (χ2v) is 4.33. The van der Waals surface area contributed by atoms with E-state index >= 15 is 0 Å². The number of rotatable bonds is 3. The van der Waals surface area contributed by atoms with Gasteiger partial charge in [0, 0.05) is 12.8 Å². The molecule has 1 saturated heterocycles. The highest BCUT2D eigenvalue weighted by Gasteiger charge is 2.17. The number of hydrogen-bond acceptors (Lipinski definition) is 5. The summed E-state index contributed by atoms with van der Waals surface area (Å²) >= 11 is 5.86. The maximum absolute atomic E-state index is 7.35. The van der Waals surface area contributed by atoms with Crippen molar-refractivity contribution in [3.63, 3.8) is 0 Å². The number of anilines is 2. The van der Waals surface area contributed by atoms with Crippen molar-refractivity contribution in [3.05, 3.63) is 16.8 Å². The summed E-state index contributed by atoms with van der Waals surface area (Å²) in [5, 5.41) is 10.9. The third-order valence-electron chi connectivity index (χ3n) is 2.73.